The fourth-order valence-electron chi connectivity index (χ4n) is 1.30. The number of hydrogen-bond donors (Lipinski definition) is 0. The highest BCUT2D eigenvalue weighted by atomic mass is 15.4. The molecule has 0 unspecified atom stereocenters. The van der Waals surface area contributed by atoms with Gasteiger partial charge in [0.15, 0.2) is 0 Å². The summed E-state index contributed by atoms with van der Waals surface area (Å²) in [5.74, 6) is 0. The number of benzene rings is 1. The van der Waals surface area contributed by atoms with Crippen LogP contribution in [0.1, 0.15) is 6.42 Å². The van der Waals surface area contributed by atoms with Gasteiger partial charge in [0.2, 0.25) is 0 Å². The summed E-state index contributed by atoms with van der Waals surface area (Å²) in [4.78, 5) is 0. The lowest BCUT2D eigenvalue weighted by Gasteiger charge is -1.97. The lowest BCUT2D eigenvalue weighted by atomic mass is 10.3. The summed E-state index contributed by atoms with van der Waals surface area (Å²) in [6, 6.07) is 7.95. The average molecular weight is 173 g/mol. The van der Waals surface area contributed by atoms with Crippen LogP contribution in [0, 0.1) is 0 Å². The maximum atomic E-state index is 4.05. The van der Waals surface area contributed by atoms with Crippen LogP contribution in [0.3, 0.4) is 0 Å². The van der Waals surface area contributed by atoms with E-state index in [0.29, 0.717) is 0 Å². The number of rotatable bonds is 3. The molecule has 0 atom stereocenters. The van der Waals surface area contributed by atoms with Crippen molar-refractivity contribution >= 4 is 11.0 Å². The van der Waals surface area contributed by atoms with Crippen molar-refractivity contribution in [3.05, 3.63) is 36.9 Å². The fourth-order valence-corrected chi connectivity index (χ4v) is 1.30. The van der Waals surface area contributed by atoms with Crippen molar-refractivity contribution in [2.45, 2.75) is 13.0 Å². The third-order valence-electron chi connectivity index (χ3n) is 1.97. The third kappa shape index (κ3) is 1.45. The zero-order valence-corrected chi connectivity index (χ0v) is 7.35. The Balaban J connectivity index is 2.40. The minimum absolute atomic E-state index is 0.851. The van der Waals surface area contributed by atoms with Crippen molar-refractivity contribution in [1.82, 2.24) is 15.0 Å². The Morgan fingerprint density at radius 3 is 3.08 bits per heavy atom. The molecule has 2 aromatic rings. The van der Waals surface area contributed by atoms with Gasteiger partial charge in [0.25, 0.3) is 0 Å². The summed E-state index contributed by atoms with van der Waals surface area (Å²) in [5, 5.41) is 8.10. The van der Waals surface area contributed by atoms with Crippen molar-refractivity contribution in [3.8, 4) is 0 Å². The second kappa shape index (κ2) is 3.39. The Bertz CT molecular complexity index is 417. The molecule has 2 rings (SSSR count). The second-order valence-corrected chi connectivity index (χ2v) is 2.88. The van der Waals surface area contributed by atoms with Gasteiger partial charge in [-0.3, -0.25) is 0 Å². The average Bonchev–Trinajstić information content (AvgIpc) is 2.58. The van der Waals surface area contributed by atoms with E-state index in [1.165, 1.54) is 0 Å². The maximum Gasteiger partial charge on any atom is 0.113 e. The molecule has 1 heterocycles. The molecule has 0 saturated heterocycles. The van der Waals surface area contributed by atoms with E-state index in [1.807, 2.05) is 35.0 Å². The Kier molecular flexibility index (Phi) is 2.08. The molecule has 0 aliphatic heterocycles. The first kappa shape index (κ1) is 7.98. The molecular weight excluding hydrogens is 162 g/mol. The van der Waals surface area contributed by atoms with Gasteiger partial charge in [-0.2, -0.15) is 0 Å². The molecule has 0 aliphatic rings. The molecule has 0 amide bonds. The van der Waals surface area contributed by atoms with E-state index in [0.717, 1.165) is 24.0 Å². The number of para-hydroxylation sites is 1. The van der Waals surface area contributed by atoms with Crippen LogP contribution >= 0.6 is 0 Å². The molecular formula is C10H11N3. The molecule has 0 fully saturated rings. The summed E-state index contributed by atoms with van der Waals surface area (Å²) in [5.41, 5.74) is 2.04. The number of allylic oxidation sites excluding steroid dienone is 1. The van der Waals surface area contributed by atoms with Gasteiger partial charge in [-0.05, 0) is 18.6 Å². The minimum Gasteiger partial charge on any atom is -0.244 e. The van der Waals surface area contributed by atoms with Crippen LogP contribution in [0.2, 0.25) is 0 Å². The van der Waals surface area contributed by atoms with Gasteiger partial charge < -0.3 is 0 Å². The highest BCUT2D eigenvalue weighted by Crippen LogP contribution is 2.09. The summed E-state index contributed by atoms with van der Waals surface area (Å²) >= 11 is 0. The lowest BCUT2D eigenvalue weighted by molar-refractivity contribution is 0.615. The molecule has 0 radical (unpaired) electrons. The summed E-state index contributed by atoms with van der Waals surface area (Å²) in [6.07, 6.45) is 2.81. The molecule has 3 heteroatoms. The molecule has 0 saturated carbocycles. The molecule has 0 bridgehead atoms. The minimum atomic E-state index is 0.851. The van der Waals surface area contributed by atoms with Crippen molar-refractivity contribution in [2.75, 3.05) is 0 Å². The molecule has 13 heavy (non-hydrogen) atoms. The smallest absolute Gasteiger partial charge is 0.113 e. The first-order chi connectivity index (χ1) is 6.42. The number of hydrogen-bond acceptors (Lipinski definition) is 2. The predicted molar refractivity (Wildman–Crippen MR) is 52.3 cm³/mol. The van der Waals surface area contributed by atoms with Crippen LogP contribution in [0.5, 0.6) is 0 Å². The van der Waals surface area contributed by atoms with Gasteiger partial charge in [0, 0.05) is 6.54 Å². The fraction of sp³-hybridized carbons (Fsp3) is 0.200. The van der Waals surface area contributed by atoms with Crippen molar-refractivity contribution < 1.29 is 0 Å². The van der Waals surface area contributed by atoms with Crippen LogP contribution in [-0.4, -0.2) is 15.0 Å². The highest BCUT2D eigenvalue weighted by molar-refractivity contribution is 5.73. The Labute approximate surface area is 76.7 Å². The molecule has 66 valence electrons. The SMILES string of the molecule is C=CCCn1nnc2ccccc21. The van der Waals surface area contributed by atoms with E-state index in [9.17, 15) is 0 Å². The van der Waals surface area contributed by atoms with Crippen LogP contribution in [-0.2, 0) is 6.54 Å². The van der Waals surface area contributed by atoms with Crippen LogP contribution in [0.4, 0.5) is 0 Å². The Morgan fingerprint density at radius 1 is 1.38 bits per heavy atom. The molecule has 1 aromatic carbocycles. The summed E-state index contributed by atoms with van der Waals surface area (Å²) in [6.45, 7) is 4.53. The first-order valence-electron chi connectivity index (χ1n) is 4.31. The normalized spacial score (nSPS) is 10.5. The lowest BCUT2D eigenvalue weighted by Crippen LogP contribution is -1.98. The molecule has 3 nitrogen and oxygen atoms in total. The third-order valence-corrected chi connectivity index (χ3v) is 1.97. The van der Waals surface area contributed by atoms with Gasteiger partial charge in [0.1, 0.15) is 5.52 Å². The highest BCUT2D eigenvalue weighted by Gasteiger charge is 2.00. The van der Waals surface area contributed by atoms with Gasteiger partial charge in [-0.15, -0.1) is 11.7 Å². The zero-order valence-electron chi connectivity index (χ0n) is 7.35. The van der Waals surface area contributed by atoms with Gasteiger partial charge >= 0.3 is 0 Å². The summed E-state index contributed by atoms with van der Waals surface area (Å²) in [7, 11) is 0. The zero-order chi connectivity index (χ0) is 9.10. The van der Waals surface area contributed by atoms with Crippen LogP contribution < -0.4 is 0 Å². The largest absolute Gasteiger partial charge is 0.244 e. The van der Waals surface area contributed by atoms with E-state index in [4.69, 9.17) is 0 Å². The number of aromatic nitrogens is 3. The molecule has 0 N–H and O–H groups in total. The molecule has 0 spiro atoms. The number of fused-ring (bicyclic) bond motifs is 1. The van der Waals surface area contributed by atoms with Crippen LogP contribution in [0.25, 0.3) is 11.0 Å². The summed E-state index contributed by atoms with van der Waals surface area (Å²) < 4.78 is 1.90. The Hall–Kier alpha value is -1.64. The second-order valence-electron chi connectivity index (χ2n) is 2.88. The monoisotopic (exact) mass is 173 g/mol. The van der Waals surface area contributed by atoms with E-state index >= 15 is 0 Å². The topological polar surface area (TPSA) is 30.7 Å². The quantitative estimate of drug-likeness (QED) is 0.665. The van der Waals surface area contributed by atoms with Crippen LogP contribution in [0.15, 0.2) is 36.9 Å². The van der Waals surface area contributed by atoms with Gasteiger partial charge in [-0.1, -0.05) is 23.4 Å². The van der Waals surface area contributed by atoms with E-state index in [-0.39, 0.29) is 0 Å². The molecule has 0 aliphatic carbocycles. The van der Waals surface area contributed by atoms with Gasteiger partial charge in [0.05, 0.1) is 5.52 Å². The predicted octanol–water partition coefficient (Wildman–Crippen LogP) is 2.01. The van der Waals surface area contributed by atoms with Crippen molar-refractivity contribution in [3.63, 3.8) is 0 Å². The number of aryl methyl sites for hydroxylation is 1. The van der Waals surface area contributed by atoms with E-state index in [2.05, 4.69) is 16.9 Å². The van der Waals surface area contributed by atoms with Crippen molar-refractivity contribution in [1.29, 1.82) is 0 Å². The molecule has 1 aromatic heterocycles. The van der Waals surface area contributed by atoms with Gasteiger partial charge in [-0.25, -0.2) is 4.68 Å². The van der Waals surface area contributed by atoms with E-state index in [1.54, 1.807) is 0 Å². The van der Waals surface area contributed by atoms with Crippen molar-refractivity contribution in [2.24, 2.45) is 0 Å². The first-order valence-corrected chi connectivity index (χ1v) is 4.31. The standard InChI is InChI=1S/C10H11N3/c1-2-3-8-13-10-7-5-4-6-9(10)11-12-13/h2,4-7H,1,3,8H2. The maximum absolute atomic E-state index is 4.05. The van der Waals surface area contributed by atoms with E-state index < -0.39 is 0 Å². The Morgan fingerprint density at radius 2 is 2.23 bits per heavy atom. The number of nitrogens with zero attached hydrogens (tertiary/aromatic N) is 3.